The van der Waals surface area contributed by atoms with Crippen molar-refractivity contribution >= 4 is 29.3 Å². The van der Waals surface area contributed by atoms with Crippen LogP contribution in [0.2, 0.25) is 0 Å². The van der Waals surface area contributed by atoms with E-state index >= 15 is 0 Å². The number of fused-ring (bicyclic) bond motifs is 2. The van der Waals surface area contributed by atoms with E-state index in [9.17, 15) is 14.0 Å². The number of rotatable bonds is 3. The molecule has 1 atom stereocenters. The van der Waals surface area contributed by atoms with Crippen LogP contribution in [0.4, 0.5) is 10.1 Å². The molecule has 0 aliphatic carbocycles. The number of hydrogen-bond acceptors (Lipinski definition) is 3. The molecule has 6 heteroatoms. The third-order valence-corrected chi connectivity index (χ3v) is 6.60. The van der Waals surface area contributed by atoms with Gasteiger partial charge in [0.2, 0.25) is 5.91 Å². The maximum Gasteiger partial charge on any atom is 0.268 e. The van der Waals surface area contributed by atoms with E-state index in [1.165, 1.54) is 23.9 Å². The molecular formula is C21H21FN2O2S. The third kappa shape index (κ3) is 2.74. The molecule has 0 aromatic heterocycles. The van der Waals surface area contributed by atoms with Crippen molar-refractivity contribution in [1.82, 2.24) is 4.90 Å². The van der Waals surface area contributed by atoms with Crippen molar-refractivity contribution in [2.75, 3.05) is 17.2 Å². The minimum atomic E-state index is -1.14. The number of nitrogens with zero attached hydrogens (tertiary/aromatic N) is 2. The van der Waals surface area contributed by atoms with Gasteiger partial charge in [0, 0.05) is 24.3 Å². The summed E-state index contributed by atoms with van der Waals surface area (Å²) in [6, 6.07) is 12.4. The van der Waals surface area contributed by atoms with Crippen LogP contribution in [0.15, 0.2) is 42.5 Å². The summed E-state index contributed by atoms with van der Waals surface area (Å²) in [6.45, 7) is 4.69. The van der Waals surface area contributed by atoms with E-state index in [0.717, 1.165) is 11.1 Å². The first kappa shape index (κ1) is 18.0. The fraction of sp³-hybridized carbons (Fsp3) is 0.333. The Morgan fingerprint density at radius 3 is 2.81 bits per heavy atom. The second-order valence-electron chi connectivity index (χ2n) is 6.93. The number of halogens is 1. The van der Waals surface area contributed by atoms with Crippen molar-refractivity contribution in [3.05, 3.63) is 65.0 Å². The number of aryl methyl sites for hydroxylation is 1. The summed E-state index contributed by atoms with van der Waals surface area (Å²) in [4.78, 5) is 28.4. The zero-order valence-corrected chi connectivity index (χ0v) is 16.2. The van der Waals surface area contributed by atoms with Crippen molar-refractivity contribution in [3.8, 4) is 0 Å². The molecule has 1 spiro atoms. The Balaban J connectivity index is 1.82. The largest absolute Gasteiger partial charge is 0.315 e. The van der Waals surface area contributed by atoms with Crippen LogP contribution in [0.1, 0.15) is 30.0 Å². The number of thioether (sulfide) groups is 1. The lowest BCUT2D eigenvalue weighted by Gasteiger charge is -2.33. The van der Waals surface area contributed by atoms with Crippen molar-refractivity contribution in [2.45, 2.75) is 31.7 Å². The lowest BCUT2D eigenvalue weighted by molar-refractivity contribution is -0.139. The molecule has 2 amide bonds. The summed E-state index contributed by atoms with van der Waals surface area (Å²) in [5.74, 6) is 0.0238. The SMILES string of the molecule is CCC(=O)N1CCSC12C(=O)N(Cc1cccc(C)c1)c1ccc(F)cc12. The molecule has 140 valence electrons. The Morgan fingerprint density at radius 1 is 1.26 bits per heavy atom. The van der Waals surface area contributed by atoms with Gasteiger partial charge in [-0.3, -0.25) is 9.59 Å². The Labute approximate surface area is 162 Å². The summed E-state index contributed by atoms with van der Waals surface area (Å²) >= 11 is 1.43. The predicted molar refractivity (Wildman–Crippen MR) is 105 cm³/mol. The number of amides is 2. The zero-order chi connectivity index (χ0) is 19.2. The first-order chi connectivity index (χ1) is 13.0. The molecule has 4 rings (SSSR count). The summed E-state index contributed by atoms with van der Waals surface area (Å²) in [5.41, 5.74) is 3.40. The minimum Gasteiger partial charge on any atom is -0.315 e. The normalized spacial score (nSPS) is 21.2. The first-order valence-electron chi connectivity index (χ1n) is 9.09. The van der Waals surface area contributed by atoms with Crippen molar-refractivity contribution in [1.29, 1.82) is 0 Å². The highest BCUT2D eigenvalue weighted by Gasteiger charge is 2.59. The Bertz CT molecular complexity index is 932. The van der Waals surface area contributed by atoms with Crippen LogP contribution in [0.5, 0.6) is 0 Å². The van der Waals surface area contributed by atoms with Gasteiger partial charge < -0.3 is 9.80 Å². The second kappa shape index (κ2) is 6.68. The second-order valence-corrected chi connectivity index (χ2v) is 8.22. The van der Waals surface area contributed by atoms with Gasteiger partial charge >= 0.3 is 0 Å². The number of anilines is 1. The van der Waals surface area contributed by atoms with Gasteiger partial charge in [-0.25, -0.2) is 4.39 Å². The highest BCUT2D eigenvalue weighted by Crippen LogP contribution is 2.54. The standard InChI is InChI=1S/C21H21FN2O2S/c1-3-19(25)24-9-10-27-21(24)17-12-16(22)7-8-18(17)23(20(21)26)13-15-6-4-5-14(2)11-15/h4-8,11-12H,3,9-10,13H2,1-2H3. The molecule has 2 aromatic carbocycles. The molecule has 1 saturated heterocycles. The third-order valence-electron chi connectivity index (χ3n) is 5.18. The van der Waals surface area contributed by atoms with E-state index in [1.807, 2.05) is 31.2 Å². The summed E-state index contributed by atoms with van der Waals surface area (Å²) in [5, 5.41) is 0. The molecule has 1 fully saturated rings. The Hall–Kier alpha value is -2.34. The van der Waals surface area contributed by atoms with Gasteiger partial charge in [-0.05, 0) is 30.7 Å². The van der Waals surface area contributed by atoms with Crippen LogP contribution >= 0.6 is 11.8 Å². The van der Waals surface area contributed by atoms with Crippen molar-refractivity contribution in [2.24, 2.45) is 0 Å². The highest BCUT2D eigenvalue weighted by atomic mass is 32.2. The minimum absolute atomic E-state index is 0.0824. The average Bonchev–Trinajstić information content (AvgIpc) is 3.19. The molecule has 0 radical (unpaired) electrons. The fourth-order valence-corrected chi connectivity index (χ4v) is 5.46. The Kier molecular flexibility index (Phi) is 4.46. The lowest BCUT2D eigenvalue weighted by Crippen LogP contribution is -2.50. The number of benzene rings is 2. The number of carbonyl (C=O) groups excluding carboxylic acids is 2. The highest BCUT2D eigenvalue weighted by molar-refractivity contribution is 8.01. The van der Waals surface area contributed by atoms with Gasteiger partial charge in [-0.1, -0.05) is 36.8 Å². The summed E-state index contributed by atoms with van der Waals surface area (Å²) < 4.78 is 14.1. The molecule has 2 aromatic rings. The molecule has 27 heavy (non-hydrogen) atoms. The lowest BCUT2D eigenvalue weighted by atomic mass is 10.1. The van der Waals surface area contributed by atoms with Crippen LogP contribution in [0, 0.1) is 12.7 Å². The monoisotopic (exact) mass is 384 g/mol. The van der Waals surface area contributed by atoms with Gasteiger partial charge in [-0.2, -0.15) is 0 Å². The molecule has 0 bridgehead atoms. The molecule has 0 saturated carbocycles. The van der Waals surface area contributed by atoms with E-state index in [0.29, 0.717) is 36.5 Å². The van der Waals surface area contributed by atoms with Crippen LogP contribution < -0.4 is 4.90 Å². The molecular weight excluding hydrogens is 363 g/mol. The molecule has 2 aliphatic heterocycles. The smallest absolute Gasteiger partial charge is 0.268 e. The maximum atomic E-state index is 14.1. The molecule has 2 heterocycles. The van der Waals surface area contributed by atoms with Crippen LogP contribution in [-0.2, 0) is 21.0 Å². The molecule has 2 aliphatic rings. The van der Waals surface area contributed by atoms with E-state index in [-0.39, 0.29) is 11.8 Å². The van der Waals surface area contributed by atoms with Crippen molar-refractivity contribution in [3.63, 3.8) is 0 Å². The zero-order valence-electron chi connectivity index (χ0n) is 15.4. The number of hydrogen-bond donors (Lipinski definition) is 0. The van der Waals surface area contributed by atoms with Gasteiger partial charge in [-0.15, -0.1) is 11.8 Å². The summed E-state index contributed by atoms with van der Waals surface area (Å²) in [6.07, 6.45) is 0.318. The molecule has 1 unspecified atom stereocenters. The van der Waals surface area contributed by atoms with E-state index in [4.69, 9.17) is 0 Å². The summed E-state index contributed by atoms with van der Waals surface area (Å²) in [7, 11) is 0. The Morgan fingerprint density at radius 2 is 2.07 bits per heavy atom. The van der Waals surface area contributed by atoms with Gasteiger partial charge in [0.05, 0.1) is 12.2 Å². The average molecular weight is 384 g/mol. The topological polar surface area (TPSA) is 40.6 Å². The van der Waals surface area contributed by atoms with E-state index in [2.05, 4.69) is 0 Å². The van der Waals surface area contributed by atoms with Gasteiger partial charge in [0.15, 0.2) is 4.87 Å². The fourth-order valence-electron chi connectivity index (χ4n) is 3.98. The van der Waals surface area contributed by atoms with Crippen molar-refractivity contribution < 1.29 is 14.0 Å². The molecule has 4 nitrogen and oxygen atoms in total. The van der Waals surface area contributed by atoms with E-state index < -0.39 is 10.7 Å². The maximum absolute atomic E-state index is 14.1. The first-order valence-corrected chi connectivity index (χ1v) is 10.1. The number of carbonyl (C=O) groups is 2. The van der Waals surface area contributed by atoms with Crippen LogP contribution in [0.3, 0.4) is 0 Å². The predicted octanol–water partition coefficient (Wildman–Crippen LogP) is 3.82. The van der Waals surface area contributed by atoms with Gasteiger partial charge in [0.25, 0.3) is 5.91 Å². The van der Waals surface area contributed by atoms with Crippen LogP contribution in [0.25, 0.3) is 0 Å². The van der Waals surface area contributed by atoms with Gasteiger partial charge in [0.1, 0.15) is 5.82 Å². The van der Waals surface area contributed by atoms with Crippen LogP contribution in [-0.4, -0.2) is 29.0 Å². The quantitative estimate of drug-likeness (QED) is 0.808. The van der Waals surface area contributed by atoms with E-state index in [1.54, 1.807) is 22.8 Å². The molecule has 0 N–H and O–H groups in total.